The van der Waals surface area contributed by atoms with E-state index in [0.717, 1.165) is 12.8 Å². The van der Waals surface area contributed by atoms with Gasteiger partial charge in [-0.05, 0) is 6.42 Å². The molecule has 0 spiro atoms. The van der Waals surface area contributed by atoms with Crippen LogP contribution in [0.1, 0.15) is 32.6 Å². The molecule has 0 aliphatic rings. The molecule has 0 aromatic heterocycles. The molecule has 0 amide bonds. The van der Waals surface area contributed by atoms with E-state index in [-0.39, 0.29) is 76.7 Å². The molecule has 74 valence electrons. The Morgan fingerprint density at radius 3 is 1.86 bits per heavy atom. The van der Waals surface area contributed by atoms with Gasteiger partial charge in [-0.25, -0.2) is 0 Å². The molecule has 0 rings (SSSR count). The fourth-order valence-corrected chi connectivity index (χ4v) is 0.951. The van der Waals surface area contributed by atoms with E-state index >= 15 is 0 Å². The van der Waals surface area contributed by atoms with Crippen LogP contribution in [-0.2, 0) is 9.59 Å². The van der Waals surface area contributed by atoms with Crippen LogP contribution in [0.5, 0.6) is 0 Å². The number of hydrogen-bond donors (Lipinski definition) is 2. The van der Waals surface area contributed by atoms with E-state index in [9.17, 15) is 9.59 Å². The van der Waals surface area contributed by atoms with Crippen molar-refractivity contribution in [1.29, 1.82) is 0 Å². The van der Waals surface area contributed by atoms with Crippen molar-refractivity contribution in [2.45, 2.75) is 32.6 Å². The van der Waals surface area contributed by atoms with Crippen LogP contribution in [0.2, 0.25) is 0 Å². The molecule has 0 radical (unpaired) electrons. The molecule has 0 heterocycles. The van der Waals surface area contributed by atoms with Gasteiger partial charge in [-0.3, -0.25) is 9.59 Å². The van der Waals surface area contributed by atoms with Gasteiger partial charge in [0.1, 0.15) is 0 Å². The summed E-state index contributed by atoms with van der Waals surface area (Å²) in [7, 11) is 0. The van der Waals surface area contributed by atoms with E-state index < -0.39 is 17.9 Å². The van der Waals surface area contributed by atoms with Crippen LogP contribution in [0.15, 0.2) is 0 Å². The van der Waals surface area contributed by atoms with Gasteiger partial charge in [0.05, 0.1) is 0 Å². The van der Waals surface area contributed by atoms with Crippen LogP contribution in [0.3, 0.4) is 0 Å². The van der Waals surface area contributed by atoms with Crippen LogP contribution >= 0.6 is 0 Å². The molecule has 0 unspecified atom stereocenters. The van der Waals surface area contributed by atoms with Gasteiger partial charge in [-0.2, -0.15) is 0 Å². The molecule has 0 bridgehead atoms. The predicted molar refractivity (Wildman–Crippen MR) is 57.2 cm³/mol. The monoisotopic (exact) mass is 222 g/mol. The summed E-state index contributed by atoms with van der Waals surface area (Å²) in [6.45, 7) is 1.98. The number of carboxylic acid groups (broad SMARTS) is 2. The average Bonchev–Trinajstić information content (AvgIpc) is 1.96. The van der Waals surface area contributed by atoms with Crippen LogP contribution in [0.25, 0.3) is 0 Å². The second kappa shape index (κ2) is 12.2. The van der Waals surface area contributed by atoms with Gasteiger partial charge in [-0.1, -0.05) is 26.2 Å². The minimum atomic E-state index is -1.24. The first-order valence-corrected chi connectivity index (χ1v) is 4.05. The summed E-state index contributed by atoms with van der Waals surface area (Å²) in [5.74, 6) is -3.70. The topological polar surface area (TPSA) is 74.6 Å². The van der Waals surface area contributed by atoms with Crippen LogP contribution in [0, 0.1) is 5.92 Å². The molecule has 0 fully saturated rings. The number of aliphatic carboxylic acids is 2. The van der Waals surface area contributed by atoms with Crippen molar-refractivity contribution in [3.05, 3.63) is 0 Å². The number of carbonyl (C=O) groups is 2. The van der Waals surface area contributed by atoms with E-state index in [4.69, 9.17) is 10.2 Å². The van der Waals surface area contributed by atoms with Gasteiger partial charge in [0.25, 0.3) is 0 Å². The molecular formula is C8H16KLiO4. The third-order valence-corrected chi connectivity index (χ3v) is 1.69. The van der Waals surface area contributed by atoms with Gasteiger partial charge in [0, 0.05) is 0 Å². The van der Waals surface area contributed by atoms with E-state index in [1.165, 1.54) is 0 Å². The third-order valence-electron chi connectivity index (χ3n) is 1.69. The summed E-state index contributed by atoms with van der Waals surface area (Å²) in [6, 6.07) is 0. The Morgan fingerprint density at radius 1 is 1.14 bits per heavy atom. The van der Waals surface area contributed by atoms with E-state index in [1.807, 2.05) is 6.92 Å². The summed E-state index contributed by atoms with van der Waals surface area (Å²) in [5.41, 5.74) is 0. The summed E-state index contributed by atoms with van der Waals surface area (Å²) < 4.78 is 0. The maximum atomic E-state index is 10.4. The molecule has 0 saturated heterocycles. The predicted octanol–water partition coefficient (Wildman–Crippen LogP) is 0.0551. The molecule has 0 aromatic carbocycles. The third kappa shape index (κ3) is 9.72. The first-order valence-electron chi connectivity index (χ1n) is 4.05. The van der Waals surface area contributed by atoms with Crippen molar-refractivity contribution < 1.29 is 19.8 Å². The molecule has 14 heavy (non-hydrogen) atoms. The molecule has 0 atom stereocenters. The SMILES string of the molecule is CCCCCC(C(=O)O)C(=O)O.[KH].[LiH]. The second-order valence-corrected chi connectivity index (χ2v) is 2.72. The van der Waals surface area contributed by atoms with Crippen LogP contribution < -0.4 is 0 Å². The standard InChI is InChI=1S/C8H14O4.K.Li.2H/c1-2-3-4-5-6(7(9)10)8(11)12;;;;/h6H,2-5H2,1H3,(H,9,10)(H,11,12);;;;. The fraction of sp³-hybridized carbons (Fsp3) is 0.750. The van der Waals surface area contributed by atoms with E-state index in [1.54, 1.807) is 0 Å². The number of hydrogen-bond acceptors (Lipinski definition) is 2. The zero-order valence-corrected chi connectivity index (χ0v) is 7.12. The normalized spacial score (nSPS) is 8.71. The van der Waals surface area contributed by atoms with E-state index in [2.05, 4.69) is 0 Å². The number of unbranched alkanes of at least 4 members (excludes halogenated alkanes) is 2. The Kier molecular flexibility index (Phi) is 18.0. The van der Waals surface area contributed by atoms with Crippen molar-refractivity contribution in [1.82, 2.24) is 0 Å². The second-order valence-electron chi connectivity index (χ2n) is 2.72. The van der Waals surface area contributed by atoms with Gasteiger partial charge >= 0.3 is 82.2 Å². The first-order chi connectivity index (χ1) is 5.59. The fourth-order valence-electron chi connectivity index (χ4n) is 0.951. The van der Waals surface area contributed by atoms with Crippen LogP contribution in [-0.4, -0.2) is 92.4 Å². The molecule has 0 aliphatic carbocycles. The number of rotatable bonds is 6. The molecular weight excluding hydrogens is 206 g/mol. The van der Waals surface area contributed by atoms with Crippen molar-refractivity contribution in [3.8, 4) is 0 Å². The van der Waals surface area contributed by atoms with Gasteiger partial charge in [-0.15, -0.1) is 0 Å². The Labute approximate surface area is 138 Å². The zero-order chi connectivity index (χ0) is 9.56. The van der Waals surface area contributed by atoms with Crippen molar-refractivity contribution in [2.24, 2.45) is 5.92 Å². The molecule has 4 nitrogen and oxygen atoms in total. The summed E-state index contributed by atoms with van der Waals surface area (Å²) in [4.78, 5) is 20.7. The number of carboxylic acids is 2. The van der Waals surface area contributed by atoms with Crippen molar-refractivity contribution in [3.63, 3.8) is 0 Å². The maximum absolute atomic E-state index is 10.4. The van der Waals surface area contributed by atoms with Crippen molar-refractivity contribution >= 4 is 82.2 Å². The Morgan fingerprint density at radius 2 is 1.57 bits per heavy atom. The van der Waals surface area contributed by atoms with Crippen LogP contribution in [0.4, 0.5) is 0 Å². The summed E-state index contributed by atoms with van der Waals surface area (Å²) >= 11 is 0. The molecule has 0 aliphatic heterocycles. The summed E-state index contributed by atoms with van der Waals surface area (Å²) in [5, 5.41) is 16.9. The molecule has 0 aromatic rings. The Hall–Kier alpha value is 1.17. The van der Waals surface area contributed by atoms with E-state index in [0.29, 0.717) is 6.42 Å². The van der Waals surface area contributed by atoms with Gasteiger partial charge in [0.2, 0.25) is 0 Å². The first kappa shape index (κ1) is 20.6. The van der Waals surface area contributed by atoms with Gasteiger partial charge in [0.15, 0.2) is 5.92 Å². The average molecular weight is 222 g/mol. The van der Waals surface area contributed by atoms with Gasteiger partial charge < -0.3 is 10.2 Å². The van der Waals surface area contributed by atoms with Crippen molar-refractivity contribution in [2.75, 3.05) is 0 Å². The molecule has 0 saturated carbocycles. The molecule has 6 heteroatoms. The zero-order valence-electron chi connectivity index (χ0n) is 7.12. The Balaban J connectivity index is -0.000000605. The minimum absolute atomic E-state index is 0. The molecule has 2 N–H and O–H groups in total. The Bertz CT molecular complexity index is 161. The summed E-state index contributed by atoms with van der Waals surface area (Å²) in [6.07, 6.45) is 2.75. The quantitative estimate of drug-likeness (QED) is 0.378.